The summed E-state index contributed by atoms with van der Waals surface area (Å²) >= 11 is 2.47. The van der Waals surface area contributed by atoms with Gasteiger partial charge in [0.2, 0.25) is 9.84 Å². The number of sulfone groups is 1. The molecule has 0 fully saturated rings. The maximum absolute atomic E-state index is 13.3. The Balaban J connectivity index is 0.000000572. The van der Waals surface area contributed by atoms with E-state index in [1.54, 1.807) is 43.5 Å². The van der Waals surface area contributed by atoms with Crippen LogP contribution in [0.5, 0.6) is 0 Å². The van der Waals surface area contributed by atoms with E-state index in [2.05, 4.69) is 0 Å². The lowest BCUT2D eigenvalue weighted by molar-refractivity contribution is -0.192. The number of aliphatic carboxylic acids is 1. The summed E-state index contributed by atoms with van der Waals surface area (Å²) < 4.78 is 58.8. The Labute approximate surface area is 212 Å². The number of carbonyl (C=O) groups is 2. The summed E-state index contributed by atoms with van der Waals surface area (Å²) in [5.74, 6) is -3.94. The number of rotatable bonds is 6. The van der Waals surface area contributed by atoms with Crippen LogP contribution in [0.15, 0.2) is 62.5 Å². The molecule has 36 heavy (non-hydrogen) atoms. The zero-order valence-corrected chi connectivity index (χ0v) is 21.0. The number of thioether (sulfide) groups is 1. The molecule has 0 saturated heterocycles. The highest BCUT2D eigenvalue weighted by molar-refractivity contribution is 8.01. The molecule has 3 aromatic rings. The highest BCUT2D eigenvalue weighted by Gasteiger charge is 2.38. The number of alkyl halides is 3. The van der Waals surface area contributed by atoms with Crippen molar-refractivity contribution >= 4 is 50.7 Å². The number of thiophene rings is 1. The molecule has 0 spiro atoms. The van der Waals surface area contributed by atoms with Gasteiger partial charge in [0.25, 0.3) is 0 Å². The lowest BCUT2D eigenvalue weighted by Gasteiger charge is -2.10. The number of aryl methyl sites for hydroxylation is 1. The summed E-state index contributed by atoms with van der Waals surface area (Å²) in [4.78, 5) is 20.7. The van der Waals surface area contributed by atoms with E-state index in [-0.39, 0.29) is 21.2 Å². The minimum Gasteiger partial charge on any atom is -0.478 e. The van der Waals surface area contributed by atoms with E-state index in [1.165, 1.54) is 41.3 Å². The van der Waals surface area contributed by atoms with Crippen LogP contribution >= 0.6 is 23.1 Å². The van der Waals surface area contributed by atoms with E-state index in [4.69, 9.17) is 26.2 Å². The molecule has 0 aliphatic rings. The number of carboxylic acids is 2. The first-order chi connectivity index (χ1) is 16.6. The Kier molecular flexibility index (Phi) is 8.93. The van der Waals surface area contributed by atoms with E-state index in [9.17, 15) is 26.4 Å². The van der Waals surface area contributed by atoms with Crippen molar-refractivity contribution in [2.24, 2.45) is 5.73 Å². The third-order valence-electron chi connectivity index (χ3n) is 4.58. The zero-order valence-electron chi connectivity index (χ0n) is 18.6. The van der Waals surface area contributed by atoms with E-state index in [0.29, 0.717) is 14.6 Å². The quantitative estimate of drug-likeness (QED) is 0.188. The average Bonchev–Trinajstić information content (AvgIpc) is 3.25. The van der Waals surface area contributed by atoms with Crippen LogP contribution < -0.4 is 5.73 Å². The Morgan fingerprint density at radius 3 is 2.17 bits per heavy atom. The highest BCUT2D eigenvalue weighted by Crippen LogP contribution is 2.37. The number of nitrogens with two attached hydrogens (primary N) is 1. The Morgan fingerprint density at radius 2 is 1.69 bits per heavy atom. The molecule has 0 amide bonds. The first kappa shape index (κ1) is 28.9. The van der Waals surface area contributed by atoms with Gasteiger partial charge in [0.15, 0.2) is 0 Å². The fourth-order valence-corrected chi connectivity index (χ4v) is 6.80. The minimum absolute atomic E-state index is 0.125. The molecule has 1 heterocycles. The third kappa shape index (κ3) is 6.65. The van der Waals surface area contributed by atoms with Crippen LogP contribution in [0.4, 0.5) is 13.2 Å². The van der Waals surface area contributed by atoms with Crippen molar-refractivity contribution in [2.45, 2.75) is 27.1 Å². The van der Waals surface area contributed by atoms with Crippen molar-refractivity contribution in [1.82, 2.24) is 0 Å². The van der Waals surface area contributed by atoms with Gasteiger partial charge in [-0.2, -0.15) is 13.2 Å². The first-order valence-electron chi connectivity index (χ1n) is 9.61. The first-order valence-corrected chi connectivity index (χ1v) is 13.1. The summed E-state index contributed by atoms with van der Waals surface area (Å²) in [6.07, 6.45) is -3.31. The smallest absolute Gasteiger partial charge is 0.478 e. The maximum Gasteiger partial charge on any atom is 0.490 e. The van der Waals surface area contributed by atoms with Crippen molar-refractivity contribution in [1.29, 1.82) is 5.41 Å². The Hall–Kier alpha value is -3.36. The van der Waals surface area contributed by atoms with Crippen LogP contribution in [0, 0.1) is 12.3 Å². The number of nitrogen functional groups attached to an aromatic ring is 1. The second kappa shape index (κ2) is 11.1. The molecule has 1 aromatic heterocycles. The molecule has 0 atom stereocenters. The SMILES string of the molecule is CSc1sc(C(=N)N)cc1S(=O)(=O)c1cccc(-c2ccc(C(=O)O)cc2C)c1.O=C(O)C(F)(F)F. The van der Waals surface area contributed by atoms with Crippen LogP contribution in [0.3, 0.4) is 0 Å². The van der Waals surface area contributed by atoms with Crippen LogP contribution in [0.25, 0.3) is 11.1 Å². The summed E-state index contributed by atoms with van der Waals surface area (Å²) in [7, 11) is -3.82. The van der Waals surface area contributed by atoms with Gasteiger partial charge in [-0.3, -0.25) is 5.41 Å². The van der Waals surface area contributed by atoms with E-state index >= 15 is 0 Å². The Bertz CT molecular complexity index is 1430. The zero-order chi connectivity index (χ0) is 27.4. The number of halogens is 3. The van der Waals surface area contributed by atoms with Gasteiger partial charge >= 0.3 is 18.1 Å². The molecule has 0 unspecified atom stereocenters. The Morgan fingerprint density at radius 1 is 1.08 bits per heavy atom. The van der Waals surface area contributed by atoms with Crippen LogP contribution in [0.1, 0.15) is 20.8 Å². The molecule has 5 N–H and O–H groups in total. The number of amidine groups is 1. The van der Waals surface area contributed by atoms with Gasteiger partial charge in [0.1, 0.15) is 5.84 Å². The predicted octanol–water partition coefficient (Wildman–Crippen LogP) is 4.89. The second-order valence-corrected chi connectivity index (χ2v) is 11.1. The molecular weight excluding hydrogens is 541 g/mol. The number of aromatic carboxylic acids is 1. The van der Waals surface area contributed by atoms with E-state index in [0.717, 1.165) is 11.1 Å². The topological polar surface area (TPSA) is 159 Å². The van der Waals surface area contributed by atoms with Crippen molar-refractivity contribution in [3.05, 3.63) is 64.5 Å². The number of hydrogen-bond donors (Lipinski definition) is 4. The van der Waals surface area contributed by atoms with Gasteiger partial charge in [0.05, 0.1) is 24.4 Å². The van der Waals surface area contributed by atoms with Gasteiger partial charge in [-0.15, -0.1) is 23.1 Å². The highest BCUT2D eigenvalue weighted by atomic mass is 32.2. The molecule has 8 nitrogen and oxygen atoms in total. The normalized spacial score (nSPS) is 11.4. The van der Waals surface area contributed by atoms with Crippen molar-refractivity contribution in [2.75, 3.05) is 6.26 Å². The van der Waals surface area contributed by atoms with Crippen molar-refractivity contribution in [3.8, 4) is 11.1 Å². The lowest BCUT2D eigenvalue weighted by atomic mass is 9.98. The molecule has 14 heteroatoms. The lowest BCUT2D eigenvalue weighted by Crippen LogP contribution is -2.21. The van der Waals surface area contributed by atoms with Gasteiger partial charge in [0, 0.05) is 0 Å². The average molecular weight is 561 g/mol. The number of nitrogens with one attached hydrogen (secondary N) is 1. The molecule has 0 radical (unpaired) electrons. The number of benzene rings is 2. The van der Waals surface area contributed by atoms with Crippen LogP contribution in [0.2, 0.25) is 0 Å². The molecule has 0 bridgehead atoms. The van der Waals surface area contributed by atoms with Gasteiger partial charge in [-0.25, -0.2) is 18.0 Å². The van der Waals surface area contributed by atoms with Crippen molar-refractivity contribution < 1.29 is 41.4 Å². The molecular formula is C22H19F3N2O6S3. The predicted molar refractivity (Wildman–Crippen MR) is 130 cm³/mol. The number of hydrogen-bond acceptors (Lipinski definition) is 7. The monoisotopic (exact) mass is 560 g/mol. The van der Waals surface area contributed by atoms with E-state index < -0.39 is 28.0 Å². The minimum atomic E-state index is -5.08. The largest absolute Gasteiger partial charge is 0.490 e. The molecule has 192 valence electrons. The molecule has 0 saturated carbocycles. The van der Waals surface area contributed by atoms with E-state index in [1.807, 2.05) is 0 Å². The summed E-state index contributed by atoms with van der Waals surface area (Å²) in [5, 5.41) is 23.8. The fourth-order valence-electron chi connectivity index (χ4n) is 2.90. The maximum atomic E-state index is 13.3. The van der Waals surface area contributed by atoms with Gasteiger partial charge < -0.3 is 15.9 Å². The summed E-state index contributed by atoms with van der Waals surface area (Å²) in [6, 6.07) is 12.7. The summed E-state index contributed by atoms with van der Waals surface area (Å²) in [5.41, 5.74) is 7.87. The second-order valence-electron chi connectivity index (χ2n) is 7.05. The van der Waals surface area contributed by atoms with Crippen LogP contribution in [-0.2, 0) is 14.6 Å². The number of carboxylic acid groups (broad SMARTS) is 2. The van der Waals surface area contributed by atoms with Gasteiger partial charge in [-0.05, 0) is 60.2 Å². The standard InChI is InChI=1S/C20H18N2O4S3.C2HF3O2/c1-11-8-13(19(23)24)6-7-15(11)12-4-3-5-14(9-12)29(25,26)17-10-16(18(21)22)28-20(17)27-2;3-2(4,5)1(6)7/h3-10H,1-2H3,(H3,21,22)(H,23,24);(H,6,7). The van der Waals surface area contributed by atoms with Crippen LogP contribution in [-0.4, -0.2) is 48.8 Å². The molecule has 2 aromatic carbocycles. The van der Waals surface area contributed by atoms with Crippen molar-refractivity contribution in [3.63, 3.8) is 0 Å². The third-order valence-corrected chi connectivity index (χ3v) is 8.92. The molecule has 0 aliphatic carbocycles. The fraction of sp³-hybridized carbons (Fsp3) is 0.136. The molecule has 0 aliphatic heterocycles. The van der Waals surface area contributed by atoms with Gasteiger partial charge in [-0.1, -0.05) is 18.2 Å². The molecule has 3 rings (SSSR count). The summed E-state index contributed by atoms with van der Waals surface area (Å²) in [6.45, 7) is 1.78.